The van der Waals surface area contributed by atoms with Crippen molar-refractivity contribution in [3.05, 3.63) is 52.8 Å². The maximum absolute atomic E-state index is 6.21. The Balaban J connectivity index is 1.99. The summed E-state index contributed by atoms with van der Waals surface area (Å²) in [7, 11) is 1.69. The Hall–Kier alpha value is -1.75. The van der Waals surface area contributed by atoms with Gasteiger partial charge in [0.1, 0.15) is 5.82 Å². The van der Waals surface area contributed by atoms with E-state index in [0.29, 0.717) is 22.3 Å². The Kier molecular flexibility index (Phi) is 4.52. The van der Waals surface area contributed by atoms with Crippen LogP contribution in [0.25, 0.3) is 10.9 Å². The van der Waals surface area contributed by atoms with E-state index in [-0.39, 0.29) is 0 Å². The van der Waals surface area contributed by atoms with Crippen LogP contribution in [0.5, 0.6) is 0 Å². The van der Waals surface area contributed by atoms with Crippen molar-refractivity contribution in [3.8, 4) is 0 Å². The molecule has 0 spiro atoms. The van der Waals surface area contributed by atoms with Crippen LogP contribution in [0.15, 0.2) is 42.7 Å². The largest absolute Gasteiger partial charge is 0.383 e. The Morgan fingerprint density at radius 3 is 2.68 bits per heavy atom. The maximum atomic E-state index is 6.21. The standard InChI is InChI=1S/C16H15Cl2N3O/c1-22-10-9-21-8-6-11-14(21)5-7-19-16(11)20-15-12(17)3-2-4-13(15)18/h2-8H,9-10H2,1H3,(H,19,20). The van der Waals surface area contributed by atoms with Crippen LogP contribution in [-0.2, 0) is 11.3 Å². The number of rotatable bonds is 5. The van der Waals surface area contributed by atoms with Crippen molar-refractivity contribution >= 4 is 45.6 Å². The van der Waals surface area contributed by atoms with Crippen molar-refractivity contribution in [1.82, 2.24) is 9.55 Å². The van der Waals surface area contributed by atoms with Crippen LogP contribution in [0.3, 0.4) is 0 Å². The van der Waals surface area contributed by atoms with Crippen LogP contribution in [0.1, 0.15) is 0 Å². The lowest BCUT2D eigenvalue weighted by Crippen LogP contribution is -2.03. The minimum absolute atomic E-state index is 0.560. The number of methoxy groups -OCH3 is 1. The first-order valence-electron chi connectivity index (χ1n) is 6.84. The number of nitrogens with zero attached hydrogens (tertiary/aromatic N) is 2. The summed E-state index contributed by atoms with van der Waals surface area (Å²) in [4.78, 5) is 4.41. The summed E-state index contributed by atoms with van der Waals surface area (Å²) >= 11 is 12.4. The molecule has 114 valence electrons. The molecule has 1 N–H and O–H groups in total. The molecular formula is C16H15Cl2N3O. The zero-order valence-electron chi connectivity index (χ0n) is 12.0. The van der Waals surface area contributed by atoms with Crippen LogP contribution < -0.4 is 5.32 Å². The predicted molar refractivity (Wildman–Crippen MR) is 91.4 cm³/mol. The summed E-state index contributed by atoms with van der Waals surface area (Å²) in [5.74, 6) is 0.726. The highest BCUT2D eigenvalue weighted by atomic mass is 35.5. The second-order valence-corrected chi connectivity index (χ2v) is 5.63. The zero-order valence-corrected chi connectivity index (χ0v) is 13.5. The lowest BCUT2D eigenvalue weighted by Gasteiger charge is -2.11. The van der Waals surface area contributed by atoms with Crippen molar-refractivity contribution in [2.75, 3.05) is 19.0 Å². The third-order valence-electron chi connectivity index (χ3n) is 3.44. The highest BCUT2D eigenvalue weighted by molar-refractivity contribution is 6.39. The smallest absolute Gasteiger partial charge is 0.139 e. The number of benzene rings is 1. The molecule has 1 aromatic carbocycles. The van der Waals surface area contributed by atoms with Gasteiger partial charge in [-0.15, -0.1) is 0 Å². The Morgan fingerprint density at radius 2 is 1.95 bits per heavy atom. The summed E-state index contributed by atoms with van der Waals surface area (Å²) in [5.41, 5.74) is 1.74. The second kappa shape index (κ2) is 6.57. The van der Waals surface area contributed by atoms with E-state index >= 15 is 0 Å². The van der Waals surface area contributed by atoms with E-state index in [0.717, 1.165) is 23.3 Å². The van der Waals surface area contributed by atoms with E-state index in [1.807, 2.05) is 24.4 Å². The van der Waals surface area contributed by atoms with E-state index in [1.165, 1.54) is 0 Å². The average Bonchev–Trinajstić information content (AvgIpc) is 2.93. The minimum Gasteiger partial charge on any atom is -0.383 e. The predicted octanol–water partition coefficient (Wildman–Crippen LogP) is 4.73. The normalized spacial score (nSPS) is 11.0. The van der Waals surface area contributed by atoms with E-state index in [2.05, 4.69) is 14.9 Å². The first-order valence-corrected chi connectivity index (χ1v) is 7.60. The first-order chi connectivity index (χ1) is 10.7. The number of halogens is 2. The molecular weight excluding hydrogens is 321 g/mol. The third-order valence-corrected chi connectivity index (χ3v) is 4.07. The van der Waals surface area contributed by atoms with Crippen LogP contribution in [-0.4, -0.2) is 23.3 Å². The maximum Gasteiger partial charge on any atom is 0.139 e. The molecule has 0 saturated carbocycles. The highest BCUT2D eigenvalue weighted by Gasteiger charge is 2.10. The molecule has 0 saturated heterocycles. The van der Waals surface area contributed by atoms with E-state index in [1.54, 1.807) is 25.4 Å². The van der Waals surface area contributed by atoms with Crippen LogP contribution in [0.4, 0.5) is 11.5 Å². The summed E-state index contributed by atoms with van der Waals surface area (Å²) in [6.07, 6.45) is 3.78. The number of hydrogen-bond acceptors (Lipinski definition) is 3. The average molecular weight is 336 g/mol. The Morgan fingerprint density at radius 1 is 1.18 bits per heavy atom. The molecule has 0 radical (unpaired) electrons. The molecule has 0 aliphatic rings. The van der Waals surface area contributed by atoms with Gasteiger partial charge in [-0.25, -0.2) is 4.98 Å². The molecule has 3 aromatic rings. The Bertz CT molecular complexity index is 781. The van der Waals surface area contributed by atoms with E-state index in [9.17, 15) is 0 Å². The molecule has 0 bridgehead atoms. The zero-order chi connectivity index (χ0) is 15.5. The van der Waals surface area contributed by atoms with Crippen LogP contribution in [0.2, 0.25) is 10.0 Å². The lowest BCUT2D eigenvalue weighted by atomic mass is 10.2. The van der Waals surface area contributed by atoms with Crippen molar-refractivity contribution in [2.45, 2.75) is 6.54 Å². The van der Waals surface area contributed by atoms with Crippen molar-refractivity contribution in [2.24, 2.45) is 0 Å². The fourth-order valence-electron chi connectivity index (χ4n) is 2.34. The van der Waals surface area contributed by atoms with Gasteiger partial charge in [0.15, 0.2) is 0 Å². The highest BCUT2D eigenvalue weighted by Crippen LogP contribution is 2.34. The molecule has 22 heavy (non-hydrogen) atoms. The molecule has 0 unspecified atom stereocenters. The number of anilines is 2. The number of aromatic nitrogens is 2. The van der Waals surface area contributed by atoms with Gasteiger partial charge in [-0.3, -0.25) is 0 Å². The summed E-state index contributed by atoms with van der Waals surface area (Å²) in [5, 5.41) is 5.36. The molecule has 0 fully saturated rings. The third kappa shape index (κ3) is 2.90. The van der Waals surface area contributed by atoms with Gasteiger partial charge in [0.2, 0.25) is 0 Å². The quantitative estimate of drug-likeness (QED) is 0.732. The number of fused-ring (bicyclic) bond motifs is 1. The van der Waals surface area contributed by atoms with Gasteiger partial charge >= 0.3 is 0 Å². The molecule has 0 atom stereocenters. The topological polar surface area (TPSA) is 39.1 Å². The summed E-state index contributed by atoms with van der Waals surface area (Å²) in [6, 6.07) is 9.39. The first kappa shape index (κ1) is 15.2. The summed E-state index contributed by atoms with van der Waals surface area (Å²) in [6.45, 7) is 1.45. The van der Waals surface area contributed by atoms with Gasteiger partial charge in [-0.05, 0) is 24.3 Å². The molecule has 6 heteroatoms. The molecule has 0 aliphatic heterocycles. The molecule has 0 aliphatic carbocycles. The number of pyridine rings is 1. The monoisotopic (exact) mass is 335 g/mol. The molecule has 3 rings (SSSR count). The number of ether oxygens (including phenoxy) is 1. The molecule has 0 amide bonds. The second-order valence-electron chi connectivity index (χ2n) is 4.82. The number of hydrogen-bond donors (Lipinski definition) is 1. The fraction of sp³-hybridized carbons (Fsp3) is 0.188. The minimum atomic E-state index is 0.560. The SMILES string of the molecule is COCCn1ccc2c(Nc3c(Cl)cccc3Cl)nccc21. The fourth-order valence-corrected chi connectivity index (χ4v) is 2.83. The van der Waals surface area contributed by atoms with E-state index in [4.69, 9.17) is 27.9 Å². The molecule has 2 heterocycles. The van der Waals surface area contributed by atoms with Gasteiger partial charge in [0.25, 0.3) is 0 Å². The number of nitrogens with one attached hydrogen (secondary N) is 1. The molecule has 2 aromatic heterocycles. The van der Waals surface area contributed by atoms with Crippen molar-refractivity contribution < 1.29 is 4.74 Å². The van der Waals surface area contributed by atoms with Gasteiger partial charge < -0.3 is 14.6 Å². The number of para-hydroxylation sites is 1. The summed E-state index contributed by atoms with van der Waals surface area (Å²) < 4.78 is 7.26. The van der Waals surface area contributed by atoms with Crippen LogP contribution >= 0.6 is 23.2 Å². The van der Waals surface area contributed by atoms with Gasteiger partial charge in [-0.1, -0.05) is 29.3 Å². The van der Waals surface area contributed by atoms with Gasteiger partial charge in [0.05, 0.1) is 27.9 Å². The van der Waals surface area contributed by atoms with Crippen LogP contribution in [0, 0.1) is 0 Å². The van der Waals surface area contributed by atoms with Crippen molar-refractivity contribution in [3.63, 3.8) is 0 Å². The van der Waals surface area contributed by atoms with E-state index < -0.39 is 0 Å². The lowest BCUT2D eigenvalue weighted by molar-refractivity contribution is 0.188. The van der Waals surface area contributed by atoms with Gasteiger partial charge in [-0.2, -0.15) is 0 Å². The Labute approximate surface area is 138 Å². The molecule has 4 nitrogen and oxygen atoms in total. The van der Waals surface area contributed by atoms with Crippen molar-refractivity contribution in [1.29, 1.82) is 0 Å². The van der Waals surface area contributed by atoms with Gasteiger partial charge in [0, 0.05) is 31.4 Å².